The molecule has 2 amide bonds. The number of nitrogens with one attached hydrogen (secondary N) is 2. The van der Waals surface area contributed by atoms with Crippen LogP contribution in [-0.2, 0) is 0 Å². The predicted octanol–water partition coefficient (Wildman–Crippen LogP) is 2.46. The maximum atomic E-state index is 12.3. The molecule has 0 radical (unpaired) electrons. The van der Waals surface area contributed by atoms with Gasteiger partial charge in [0.1, 0.15) is 6.33 Å². The van der Waals surface area contributed by atoms with Gasteiger partial charge in [-0.2, -0.15) is 0 Å². The molecule has 0 aliphatic carbocycles. The van der Waals surface area contributed by atoms with Gasteiger partial charge in [-0.1, -0.05) is 6.07 Å². The van der Waals surface area contributed by atoms with Crippen LogP contribution in [0, 0.1) is 6.92 Å². The summed E-state index contributed by atoms with van der Waals surface area (Å²) in [4.78, 5) is 15.6. The van der Waals surface area contributed by atoms with Crippen molar-refractivity contribution in [1.29, 1.82) is 0 Å². The third-order valence-electron chi connectivity index (χ3n) is 4.00. The number of urea groups is 1. The summed E-state index contributed by atoms with van der Waals surface area (Å²) in [7, 11) is 4.01. The Labute approximate surface area is 155 Å². The standard InChI is InChI=1S/C17H21N7OS/c1-12-9-13(6-7-14(12)24-11-19-21-22-24)20-17(25)18-10-15(23(2)3)16-5-4-8-26-16/h4-9,11,15H,10H2,1-3H3,(H2,18,20,25)/t15-/m0/s1. The molecule has 2 aromatic heterocycles. The second-order valence-electron chi connectivity index (χ2n) is 6.09. The SMILES string of the molecule is Cc1cc(NC(=O)NC[C@@H](c2cccs2)N(C)C)ccc1-n1cnnn1. The van der Waals surface area contributed by atoms with E-state index < -0.39 is 0 Å². The van der Waals surface area contributed by atoms with E-state index in [1.54, 1.807) is 16.0 Å². The molecule has 3 aromatic rings. The smallest absolute Gasteiger partial charge is 0.319 e. The molecule has 2 heterocycles. The minimum absolute atomic E-state index is 0.143. The van der Waals surface area contributed by atoms with Gasteiger partial charge in [-0.25, -0.2) is 9.48 Å². The number of likely N-dealkylation sites (N-methyl/N-ethyl adjacent to an activating group) is 1. The zero-order valence-electron chi connectivity index (χ0n) is 14.9. The summed E-state index contributed by atoms with van der Waals surface area (Å²) in [6.07, 6.45) is 1.54. The van der Waals surface area contributed by atoms with Crippen LogP contribution in [0.25, 0.3) is 5.69 Å². The number of aromatic nitrogens is 4. The van der Waals surface area contributed by atoms with Crippen LogP contribution in [0.1, 0.15) is 16.5 Å². The molecule has 0 unspecified atom stereocenters. The van der Waals surface area contributed by atoms with Crippen molar-refractivity contribution in [2.24, 2.45) is 0 Å². The third kappa shape index (κ3) is 4.24. The van der Waals surface area contributed by atoms with E-state index in [9.17, 15) is 4.79 Å². The quantitative estimate of drug-likeness (QED) is 0.695. The lowest BCUT2D eigenvalue weighted by atomic mass is 10.2. The molecule has 8 nitrogen and oxygen atoms in total. The lowest BCUT2D eigenvalue weighted by molar-refractivity contribution is 0.244. The molecule has 0 bridgehead atoms. The number of carbonyl (C=O) groups excluding carboxylic acids is 1. The van der Waals surface area contributed by atoms with Gasteiger partial charge in [-0.05, 0) is 66.7 Å². The van der Waals surface area contributed by atoms with E-state index in [0.717, 1.165) is 11.3 Å². The predicted molar refractivity (Wildman–Crippen MR) is 102 cm³/mol. The number of tetrazole rings is 1. The van der Waals surface area contributed by atoms with Crippen LogP contribution in [0.2, 0.25) is 0 Å². The van der Waals surface area contributed by atoms with E-state index >= 15 is 0 Å². The number of nitrogens with zero attached hydrogens (tertiary/aromatic N) is 5. The van der Waals surface area contributed by atoms with Gasteiger partial charge in [-0.15, -0.1) is 16.4 Å². The summed E-state index contributed by atoms with van der Waals surface area (Å²) in [6, 6.07) is 9.59. The highest BCUT2D eigenvalue weighted by Gasteiger charge is 2.16. The zero-order chi connectivity index (χ0) is 18.5. The highest BCUT2D eigenvalue weighted by atomic mass is 32.1. The van der Waals surface area contributed by atoms with Gasteiger partial charge in [0.25, 0.3) is 0 Å². The van der Waals surface area contributed by atoms with Gasteiger partial charge in [0.05, 0.1) is 11.7 Å². The van der Waals surface area contributed by atoms with Crippen LogP contribution in [0.4, 0.5) is 10.5 Å². The Morgan fingerprint density at radius 3 is 2.81 bits per heavy atom. The van der Waals surface area contributed by atoms with Crippen LogP contribution in [0.5, 0.6) is 0 Å². The highest BCUT2D eigenvalue weighted by Crippen LogP contribution is 2.22. The lowest BCUT2D eigenvalue weighted by Gasteiger charge is -2.23. The fraction of sp³-hybridized carbons (Fsp3) is 0.294. The number of rotatable bonds is 6. The number of benzene rings is 1. The Morgan fingerprint density at radius 1 is 1.35 bits per heavy atom. The molecule has 0 aliphatic rings. The zero-order valence-corrected chi connectivity index (χ0v) is 15.7. The van der Waals surface area contributed by atoms with Crippen LogP contribution in [-0.4, -0.2) is 51.8 Å². The van der Waals surface area contributed by atoms with Gasteiger partial charge >= 0.3 is 6.03 Å². The summed E-state index contributed by atoms with van der Waals surface area (Å²) in [6.45, 7) is 2.47. The van der Waals surface area contributed by atoms with Crippen molar-refractivity contribution >= 4 is 23.1 Å². The molecule has 1 atom stereocenters. The van der Waals surface area contributed by atoms with E-state index in [1.807, 2.05) is 50.7 Å². The summed E-state index contributed by atoms with van der Waals surface area (Å²) in [5.74, 6) is 0. The number of thiophene rings is 1. The molecule has 0 aliphatic heterocycles. The monoisotopic (exact) mass is 371 g/mol. The number of amides is 2. The first kappa shape index (κ1) is 18.0. The Bertz CT molecular complexity index is 846. The Morgan fingerprint density at radius 2 is 2.19 bits per heavy atom. The summed E-state index contributed by atoms with van der Waals surface area (Å²) >= 11 is 1.69. The fourth-order valence-electron chi connectivity index (χ4n) is 2.65. The Hall–Kier alpha value is -2.78. The summed E-state index contributed by atoms with van der Waals surface area (Å²) in [5, 5.41) is 19.0. The van der Waals surface area contributed by atoms with E-state index in [4.69, 9.17) is 0 Å². The third-order valence-corrected chi connectivity index (χ3v) is 4.97. The van der Waals surface area contributed by atoms with E-state index in [2.05, 4.69) is 37.1 Å². The molecule has 26 heavy (non-hydrogen) atoms. The lowest BCUT2D eigenvalue weighted by Crippen LogP contribution is -2.36. The first-order chi connectivity index (χ1) is 12.5. The Balaban J connectivity index is 1.60. The van der Waals surface area contributed by atoms with Gasteiger partial charge in [-0.3, -0.25) is 0 Å². The van der Waals surface area contributed by atoms with E-state index in [-0.39, 0.29) is 12.1 Å². The summed E-state index contributed by atoms with van der Waals surface area (Å²) in [5.41, 5.74) is 2.54. The minimum atomic E-state index is -0.233. The highest BCUT2D eigenvalue weighted by molar-refractivity contribution is 7.10. The number of anilines is 1. The fourth-order valence-corrected chi connectivity index (χ4v) is 3.57. The molecular formula is C17H21N7OS. The molecule has 0 spiro atoms. The minimum Gasteiger partial charge on any atom is -0.336 e. The van der Waals surface area contributed by atoms with Crippen molar-refractivity contribution in [1.82, 2.24) is 30.4 Å². The molecule has 2 N–H and O–H groups in total. The molecule has 9 heteroatoms. The van der Waals surface area contributed by atoms with Crippen molar-refractivity contribution in [3.8, 4) is 5.69 Å². The topological polar surface area (TPSA) is 88.0 Å². The Kier molecular flexibility index (Phi) is 5.59. The largest absolute Gasteiger partial charge is 0.336 e. The molecule has 3 rings (SSSR count). The number of carbonyl (C=O) groups is 1. The van der Waals surface area contributed by atoms with Crippen LogP contribution in [0.3, 0.4) is 0 Å². The molecule has 0 saturated heterocycles. The summed E-state index contributed by atoms with van der Waals surface area (Å²) < 4.78 is 1.59. The molecule has 1 aromatic carbocycles. The average molecular weight is 371 g/mol. The van der Waals surface area contributed by atoms with E-state index in [1.165, 1.54) is 11.2 Å². The van der Waals surface area contributed by atoms with Crippen molar-refractivity contribution in [2.75, 3.05) is 26.0 Å². The number of hydrogen-bond donors (Lipinski definition) is 2. The van der Waals surface area contributed by atoms with Crippen LogP contribution in [0.15, 0.2) is 42.0 Å². The number of hydrogen-bond acceptors (Lipinski definition) is 6. The first-order valence-electron chi connectivity index (χ1n) is 8.13. The van der Waals surface area contributed by atoms with E-state index in [0.29, 0.717) is 12.2 Å². The van der Waals surface area contributed by atoms with Gasteiger partial charge < -0.3 is 15.5 Å². The second kappa shape index (κ2) is 8.07. The van der Waals surface area contributed by atoms with Crippen LogP contribution < -0.4 is 10.6 Å². The van der Waals surface area contributed by atoms with Crippen molar-refractivity contribution in [3.63, 3.8) is 0 Å². The van der Waals surface area contributed by atoms with Gasteiger partial charge in [0.15, 0.2) is 0 Å². The van der Waals surface area contributed by atoms with Crippen molar-refractivity contribution in [3.05, 3.63) is 52.5 Å². The van der Waals surface area contributed by atoms with Crippen molar-refractivity contribution < 1.29 is 4.79 Å². The van der Waals surface area contributed by atoms with Gasteiger partial charge in [0.2, 0.25) is 0 Å². The van der Waals surface area contributed by atoms with Crippen LogP contribution >= 0.6 is 11.3 Å². The molecular weight excluding hydrogens is 350 g/mol. The maximum absolute atomic E-state index is 12.3. The molecule has 0 saturated carbocycles. The normalized spacial score (nSPS) is 12.2. The average Bonchev–Trinajstić information content (AvgIpc) is 3.28. The van der Waals surface area contributed by atoms with Crippen molar-refractivity contribution in [2.45, 2.75) is 13.0 Å². The first-order valence-corrected chi connectivity index (χ1v) is 9.01. The molecule has 136 valence electrons. The number of aryl methyl sites for hydroxylation is 1. The van der Waals surface area contributed by atoms with Gasteiger partial charge in [0, 0.05) is 17.1 Å². The maximum Gasteiger partial charge on any atom is 0.319 e. The second-order valence-corrected chi connectivity index (χ2v) is 7.06. The molecule has 0 fully saturated rings.